The van der Waals surface area contributed by atoms with Gasteiger partial charge in [0.05, 0.1) is 6.42 Å². The molecule has 1 N–H and O–H groups in total. The van der Waals surface area contributed by atoms with Crippen LogP contribution >= 0.6 is 0 Å². The normalized spacial score (nSPS) is 34.4. The minimum absolute atomic E-state index is 0.0930. The Morgan fingerprint density at radius 3 is 2.39 bits per heavy atom. The van der Waals surface area contributed by atoms with E-state index in [1.54, 1.807) is 0 Å². The molecule has 3 heteroatoms. The van der Waals surface area contributed by atoms with Gasteiger partial charge in [-0.05, 0) is 61.0 Å². The molecule has 1 aromatic heterocycles. The molecule has 4 rings (SSSR count). The molecule has 3 saturated carbocycles. The molecule has 2 bridgehead atoms. The topological polar surface area (TPSA) is 50.2 Å². The van der Waals surface area contributed by atoms with Gasteiger partial charge in [0.25, 0.3) is 0 Å². The molecule has 0 atom stereocenters. The molecule has 0 unspecified atom stereocenters. The van der Waals surface area contributed by atoms with E-state index in [0.29, 0.717) is 6.42 Å². The maximum absolute atomic E-state index is 11.0. The first-order valence-electron chi connectivity index (χ1n) is 6.77. The van der Waals surface area contributed by atoms with Crippen molar-refractivity contribution in [2.75, 3.05) is 0 Å². The summed E-state index contributed by atoms with van der Waals surface area (Å²) in [4.78, 5) is 15.2. The van der Waals surface area contributed by atoms with Crippen LogP contribution in [-0.2, 0) is 10.2 Å². The van der Waals surface area contributed by atoms with Crippen LogP contribution in [0.4, 0.5) is 0 Å². The fraction of sp³-hybridized carbons (Fsp3) is 0.600. The SMILES string of the molecule is O=C(O)CC12CCC(c3cccnc3)(CC1)CC2. The second kappa shape index (κ2) is 4.08. The van der Waals surface area contributed by atoms with E-state index < -0.39 is 5.97 Å². The summed E-state index contributed by atoms with van der Waals surface area (Å²) in [6, 6.07) is 4.19. The predicted molar refractivity (Wildman–Crippen MR) is 68.3 cm³/mol. The van der Waals surface area contributed by atoms with Crippen molar-refractivity contribution >= 4 is 5.97 Å². The molecule has 0 aromatic carbocycles. The number of rotatable bonds is 3. The lowest BCUT2D eigenvalue weighted by Crippen LogP contribution is -2.45. The fourth-order valence-electron chi connectivity index (χ4n) is 3.96. The Morgan fingerprint density at radius 1 is 1.22 bits per heavy atom. The lowest BCUT2D eigenvalue weighted by Gasteiger charge is -2.53. The van der Waals surface area contributed by atoms with Crippen molar-refractivity contribution in [3.05, 3.63) is 30.1 Å². The van der Waals surface area contributed by atoms with E-state index in [9.17, 15) is 4.79 Å². The van der Waals surface area contributed by atoms with Crippen molar-refractivity contribution in [1.82, 2.24) is 4.98 Å². The number of hydrogen-bond donors (Lipinski definition) is 1. The van der Waals surface area contributed by atoms with Gasteiger partial charge in [-0.25, -0.2) is 0 Å². The first-order valence-corrected chi connectivity index (χ1v) is 6.77. The van der Waals surface area contributed by atoms with Gasteiger partial charge in [0.15, 0.2) is 0 Å². The molecule has 0 amide bonds. The third-order valence-electron chi connectivity index (χ3n) is 5.20. The Morgan fingerprint density at radius 2 is 1.89 bits per heavy atom. The number of nitrogens with zero attached hydrogens (tertiary/aromatic N) is 1. The van der Waals surface area contributed by atoms with Gasteiger partial charge in [-0.15, -0.1) is 0 Å². The van der Waals surface area contributed by atoms with Crippen LogP contribution in [0.1, 0.15) is 50.5 Å². The Kier molecular flexibility index (Phi) is 2.65. The summed E-state index contributed by atoms with van der Waals surface area (Å²) in [7, 11) is 0. The van der Waals surface area contributed by atoms with Gasteiger partial charge in [0.2, 0.25) is 0 Å². The summed E-state index contributed by atoms with van der Waals surface area (Å²) in [5.41, 5.74) is 1.73. The summed E-state index contributed by atoms with van der Waals surface area (Å²) in [6.45, 7) is 0. The van der Waals surface area contributed by atoms with Crippen molar-refractivity contribution in [3.63, 3.8) is 0 Å². The number of pyridine rings is 1. The van der Waals surface area contributed by atoms with Gasteiger partial charge < -0.3 is 5.11 Å². The molecule has 3 aliphatic rings. The number of carboxylic acid groups (broad SMARTS) is 1. The lowest BCUT2D eigenvalue weighted by atomic mass is 9.51. The average molecular weight is 245 g/mol. The molecule has 96 valence electrons. The fourth-order valence-corrected chi connectivity index (χ4v) is 3.96. The summed E-state index contributed by atoms with van der Waals surface area (Å²) < 4.78 is 0. The Bertz CT molecular complexity index is 430. The minimum atomic E-state index is -0.634. The molecule has 1 heterocycles. The number of carbonyl (C=O) groups is 1. The van der Waals surface area contributed by atoms with Gasteiger partial charge in [0.1, 0.15) is 0 Å². The third-order valence-corrected chi connectivity index (χ3v) is 5.20. The number of aliphatic carboxylic acids is 1. The summed E-state index contributed by atoms with van der Waals surface area (Å²) in [5, 5.41) is 9.05. The van der Waals surface area contributed by atoms with Crippen molar-refractivity contribution in [2.24, 2.45) is 5.41 Å². The highest BCUT2D eigenvalue weighted by Gasteiger charge is 2.49. The minimum Gasteiger partial charge on any atom is -0.481 e. The van der Waals surface area contributed by atoms with E-state index in [4.69, 9.17) is 5.11 Å². The van der Waals surface area contributed by atoms with Crippen LogP contribution in [0, 0.1) is 5.41 Å². The molecule has 0 aliphatic heterocycles. The van der Waals surface area contributed by atoms with Gasteiger partial charge in [-0.2, -0.15) is 0 Å². The van der Waals surface area contributed by atoms with Crippen LogP contribution in [0.2, 0.25) is 0 Å². The maximum atomic E-state index is 11.0. The van der Waals surface area contributed by atoms with Crippen LogP contribution in [0.3, 0.4) is 0 Å². The standard InChI is InChI=1S/C15H19NO2/c17-13(18)10-14-3-6-15(7-4-14,8-5-14)12-2-1-9-16-11-12/h1-2,9,11H,3-8,10H2,(H,17,18). The monoisotopic (exact) mass is 245 g/mol. The number of fused-ring (bicyclic) bond motifs is 3. The second-order valence-electron chi connectivity index (χ2n) is 6.09. The van der Waals surface area contributed by atoms with E-state index >= 15 is 0 Å². The summed E-state index contributed by atoms with van der Waals surface area (Å²) in [5.74, 6) is -0.634. The maximum Gasteiger partial charge on any atom is 0.303 e. The predicted octanol–water partition coefficient (Wildman–Crippen LogP) is 3.15. The molecule has 1 aromatic rings. The summed E-state index contributed by atoms with van der Waals surface area (Å²) in [6.07, 6.45) is 10.8. The van der Waals surface area contributed by atoms with Crippen LogP contribution in [0.5, 0.6) is 0 Å². The molecule has 3 fully saturated rings. The molecule has 0 saturated heterocycles. The highest BCUT2D eigenvalue weighted by Crippen LogP contribution is 2.58. The number of carboxylic acids is 1. The van der Waals surface area contributed by atoms with Gasteiger partial charge >= 0.3 is 5.97 Å². The van der Waals surface area contributed by atoms with Gasteiger partial charge in [-0.3, -0.25) is 9.78 Å². The summed E-state index contributed by atoms with van der Waals surface area (Å²) >= 11 is 0. The molecule has 3 nitrogen and oxygen atoms in total. The zero-order valence-electron chi connectivity index (χ0n) is 10.6. The molecular formula is C15H19NO2. The van der Waals surface area contributed by atoms with Crippen molar-refractivity contribution < 1.29 is 9.90 Å². The molecule has 18 heavy (non-hydrogen) atoms. The second-order valence-corrected chi connectivity index (χ2v) is 6.09. The van der Waals surface area contributed by atoms with Gasteiger partial charge in [0, 0.05) is 12.4 Å². The van der Waals surface area contributed by atoms with Crippen LogP contribution in [0.25, 0.3) is 0 Å². The van der Waals surface area contributed by atoms with E-state index in [1.165, 1.54) is 5.56 Å². The van der Waals surface area contributed by atoms with Crippen LogP contribution in [0.15, 0.2) is 24.5 Å². The smallest absolute Gasteiger partial charge is 0.303 e. The zero-order valence-corrected chi connectivity index (χ0v) is 10.6. The van der Waals surface area contributed by atoms with E-state index in [2.05, 4.69) is 11.1 Å². The highest BCUT2D eigenvalue weighted by atomic mass is 16.4. The number of hydrogen-bond acceptors (Lipinski definition) is 2. The van der Waals surface area contributed by atoms with Crippen molar-refractivity contribution in [1.29, 1.82) is 0 Å². The molecule has 0 radical (unpaired) electrons. The highest BCUT2D eigenvalue weighted by molar-refractivity contribution is 5.67. The molecule has 0 spiro atoms. The van der Waals surface area contributed by atoms with Crippen LogP contribution in [-0.4, -0.2) is 16.1 Å². The van der Waals surface area contributed by atoms with Crippen molar-refractivity contribution in [3.8, 4) is 0 Å². The first kappa shape index (κ1) is 11.7. The Labute approximate surface area is 107 Å². The van der Waals surface area contributed by atoms with Gasteiger partial charge in [-0.1, -0.05) is 6.07 Å². The first-order chi connectivity index (χ1) is 8.64. The lowest BCUT2D eigenvalue weighted by molar-refractivity contribution is -0.142. The molecule has 3 aliphatic carbocycles. The Balaban J connectivity index is 1.81. The molecular weight excluding hydrogens is 226 g/mol. The van der Waals surface area contributed by atoms with Crippen LogP contribution < -0.4 is 0 Å². The van der Waals surface area contributed by atoms with E-state index in [0.717, 1.165) is 38.5 Å². The number of aromatic nitrogens is 1. The average Bonchev–Trinajstić information content (AvgIpc) is 2.41. The third kappa shape index (κ3) is 1.82. The Hall–Kier alpha value is -1.38. The van der Waals surface area contributed by atoms with Crippen molar-refractivity contribution in [2.45, 2.75) is 50.4 Å². The van der Waals surface area contributed by atoms with E-state index in [1.807, 2.05) is 18.5 Å². The quantitative estimate of drug-likeness (QED) is 0.890. The zero-order chi connectivity index (χ0) is 12.6. The van der Waals surface area contributed by atoms with E-state index in [-0.39, 0.29) is 10.8 Å². The largest absolute Gasteiger partial charge is 0.481 e.